The fourth-order valence-corrected chi connectivity index (χ4v) is 3.59. The molecule has 0 radical (unpaired) electrons. The first kappa shape index (κ1) is 16.4. The van der Waals surface area contributed by atoms with E-state index in [1.54, 1.807) is 6.20 Å². The number of pyridine rings is 1. The summed E-state index contributed by atoms with van der Waals surface area (Å²) in [7, 11) is 0. The monoisotopic (exact) mass is 354 g/mol. The van der Waals surface area contributed by atoms with E-state index in [1.807, 2.05) is 38.1 Å². The van der Waals surface area contributed by atoms with Crippen molar-refractivity contribution in [1.29, 1.82) is 5.26 Å². The van der Waals surface area contributed by atoms with Gasteiger partial charge in [-0.25, -0.2) is 9.97 Å². The Kier molecular flexibility index (Phi) is 4.79. The van der Waals surface area contributed by atoms with Crippen LogP contribution in [0.5, 0.6) is 0 Å². The molecule has 24 heavy (non-hydrogen) atoms. The Labute approximate surface area is 147 Å². The van der Waals surface area contributed by atoms with Crippen molar-refractivity contribution >= 4 is 45.0 Å². The second kappa shape index (κ2) is 6.99. The largest absolute Gasteiger partial charge is 0.301 e. The van der Waals surface area contributed by atoms with Gasteiger partial charge < -0.3 is 5.32 Å². The summed E-state index contributed by atoms with van der Waals surface area (Å²) in [6.07, 6.45) is 1.72. The fourth-order valence-electron chi connectivity index (χ4n) is 2.15. The predicted octanol–water partition coefficient (Wildman–Crippen LogP) is 3.91. The molecular formula is C17H14N4OS2. The van der Waals surface area contributed by atoms with Crippen molar-refractivity contribution in [2.75, 3.05) is 11.1 Å². The maximum absolute atomic E-state index is 12.0. The third-order valence-corrected chi connectivity index (χ3v) is 5.09. The van der Waals surface area contributed by atoms with Crippen molar-refractivity contribution in [1.82, 2.24) is 9.97 Å². The van der Waals surface area contributed by atoms with Crippen LogP contribution in [0.4, 0.5) is 5.13 Å². The first-order valence-electron chi connectivity index (χ1n) is 7.22. The number of nitrogens with zero attached hydrogens (tertiary/aromatic N) is 3. The van der Waals surface area contributed by atoms with Gasteiger partial charge in [0, 0.05) is 16.5 Å². The molecule has 1 aromatic carbocycles. The number of fused-ring (bicyclic) bond motifs is 1. The van der Waals surface area contributed by atoms with Gasteiger partial charge in [0.15, 0.2) is 5.13 Å². The summed E-state index contributed by atoms with van der Waals surface area (Å²) in [6.45, 7) is 3.93. The maximum atomic E-state index is 12.0. The molecule has 0 spiro atoms. The van der Waals surface area contributed by atoms with E-state index in [9.17, 15) is 10.1 Å². The summed E-state index contributed by atoms with van der Waals surface area (Å²) >= 11 is 2.69. The third-order valence-electron chi connectivity index (χ3n) is 3.27. The van der Waals surface area contributed by atoms with Gasteiger partial charge in [-0.1, -0.05) is 23.9 Å². The van der Waals surface area contributed by atoms with Crippen molar-refractivity contribution < 1.29 is 4.79 Å². The van der Waals surface area contributed by atoms with Crippen molar-refractivity contribution in [3.63, 3.8) is 0 Å². The number of nitriles is 1. The lowest BCUT2D eigenvalue weighted by Gasteiger charge is -2.06. The molecule has 0 aliphatic carbocycles. The number of carbonyl (C=O) groups is 1. The Bertz CT molecular complexity index is 959. The van der Waals surface area contributed by atoms with Gasteiger partial charge in [0.05, 0.1) is 16.8 Å². The van der Waals surface area contributed by atoms with E-state index in [0.29, 0.717) is 15.7 Å². The topological polar surface area (TPSA) is 78.7 Å². The van der Waals surface area contributed by atoms with Crippen LogP contribution in [-0.2, 0) is 4.79 Å². The Morgan fingerprint density at radius 2 is 2.21 bits per heavy atom. The van der Waals surface area contributed by atoms with Gasteiger partial charge in [-0.2, -0.15) is 5.26 Å². The molecule has 5 nitrogen and oxygen atoms in total. The molecular weight excluding hydrogens is 340 g/mol. The normalized spacial score (nSPS) is 10.5. The van der Waals surface area contributed by atoms with Gasteiger partial charge in [-0.05, 0) is 31.5 Å². The number of thioether (sulfide) groups is 1. The number of carbonyl (C=O) groups excluding carboxylic acids is 1. The lowest BCUT2D eigenvalue weighted by atomic mass is 10.1. The molecule has 0 unspecified atom stereocenters. The smallest absolute Gasteiger partial charge is 0.236 e. The number of thiazole rings is 1. The molecule has 120 valence electrons. The number of nitrogens with one attached hydrogen (secondary N) is 1. The van der Waals surface area contributed by atoms with Gasteiger partial charge in [0.25, 0.3) is 0 Å². The molecule has 0 aliphatic heterocycles. The highest BCUT2D eigenvalue weighted by molar-refractivity contribution is 8.00. The summed E-state index contributed by atoms with van der Waals surface area (Å²) in [5.41, 5.74) is 2.41. The number of hydrogen-bond donors (Lipinski definition) is 1. The van der Waals surface area contributed by atoms with Crippen molar-refractivity contribution in [3.05, 3.63) is 46.5 Å². The molecule has 3 rings (SSSR count). The first-order chi connectivity index (χ1) is 11.5. The molecule has 1 N–H and O–H groups in total. The van der Waals surface area contributed by atoms with E-state index in [4.69, 9.17) is 0 Å². The Morgan fingerprint density at radius 3 is 2.92 bits per heavy atom. The fraction of sp³-hybridized carbons (Fsp3) is 0.176. The number of benzene rings is 1. The number of aromatic nitrogens is 2. The average Bonchev–Trinajstić information content (AvgIpc) is 2.96. The van der Waals surface area contributed by atoms with E-state index in [2.05, 4.69) is 21.4 Å². The van der Waals surface area contributed by atoms with E-state index >= 15 is 0 Å². The quantitative estimate of drug-likeness (QED) is 0.719. The van der Waals surface area contributed by atoms with Crippen LogP contribution in [0.25, 0.3) is 10.9 Å². The lowest BCUT2D eigenvalue weighted by Crippen LogP contribution is -2.14. The summed E-state index contributed by atoms with van der Waals surface area (Å²) in [5, 5.41) is 14.2. The molecule has 3 aromatic rings. The van der Waals surface area contributed by atoms with Crippen LogP contribution in [0.3, 0.4) is 0 Å². The zero-order valence-electron chi connectivity index (χ0n) is 13.2. The highest BCUT2D eigenvalue weighted by Crippen LogP contribution is 2.25. The van der Waals surface area contributed by atoms with E-state index in [0.717, 1.165) is 21.3 Å². The van der Waals surface area contributed by atoms with Crippen LogP contribution >= 0.6 is 23.1 Å². The van der Waals surface area contributed by atoms with Gasteiger partial charge in [0.1, 0.15) is 11.1 Å². The van der Waals surface area contributed by atoms with Crippen LogP contribution in [0.2, 0.25) is 0 Å². The Balaban J connectivity index is 1.76. The highest BCUT2D eigenvalue weighted by Gasteiger charge is 2.11. The minimum Gasteiger partial charge on any atom is -0.301 e. The molecule has 0 atom stereocenters. The highest BCUT2D eigenvalue weighted by atomic mass is 32.2. The molecule has 0 saturated carbocycles. The van der Waals surface area contributed by atoms with Crippen LogP contribution in [-0.4, -0.2) is 21.6 Å². The summed E-state index contributed by atoms with van der Waals surface area (Å²) in [4.78, 5) is 21.7. The standard InChI is InChI=1S/C17H14N4OS2/c1-10-3-4-12-6-13(7-18)16(20-14(12)5-10)23-9-15(22)21-17-19-8-11(2)24-17/h3-6,8H,9H2,1-2H3,(H,19,21,22). The molecule has 0 bridgehead atoms. The second-order valence-corrected chi connectivity index (χ2v) is 7.46. The van der Waals surface area contributed by atoms with Gasteiger partial charge >= 0.3 is 0 Å². The number of rotatable bonds is 4. The lowest BCUT2D eigenvalue weighted by molar-refractivity contribution is -0.113. The maximum Gasteiger partial charge on any atom is 0.236 e. The molecule has 1 amide bonds. The Hall–Kier alpha value is -2.43. The van der Waals surface area contributed by atoms with E-state index in [-0.39, 0.29) is 11.7 Å². The van der Waals surface area contributed by atoms with E-state index in [1.165, 1.54) is 23.1 Å². The number of hydrogen-bond acceptors (Lipinski definition) is 6. The second-order valence-electron chi connectivity index (χ2n) is 5.26. The number of aryl methyl sites for hydroxylation is 2. The SMILES string of the molecule is Cc1ccc2cc(C#N)c(SCC(=O)Nc3ncc(C)s3)nc2c1. The third kappa shape index (κ3) is 3.72. The van der Waals surface area contributed by atoms with Crippen LogP contribution in [0.1, 0.15) is 16.0 Å². The minimum atomic E-state index is -0.163. The average molecular weight is 354 g/mol. The van der Waals surface area contributed by atoms with E-state index < -0.39 is 0 Å². The van der Waals surface area contributed by atoms with Crippen LogP contribution in [0.15, 0.2) is 35.5 Å². The number of anilines is 1. The van der Waals surface area contributed by atoms with Crippen molar-refractivity contribution in [2.24, 2.45) is 0 Å². The zero-order chi connectivity index (χ0) is 17.1. The Morgan fingerprint density at radius 1 is 1.38 bits per heavy atom. The van der Waals surface area contributed by atoms with Crippen molar-refractivity contribution in [3.8, 4) is 6.07 Å². The number of amides is 1. The molecule has 0 aliphatic rings. The molecule has 0 saturated heterocycles. The van der Waals surface area contributed by atoms with Crippen LogP contribution < -0.4 is 5.32 Å². The zero-order valence-corrected chi connectivity index (χ0v) is 14.8. The van der Waals surface area contributed by atoms with Gasteiger partial charge in [-0.15, -0.1) is 11.3 Å². The molecule has 7 heteroatoms. The van der Waals surface area contributed by atoms with Crippen LogP contribution in [0, 0.1) is 25.2 Å². The summed E-state index contributed by atoms with van der Waals surface area (Å²) in [6, 6.07) is 9.87. The molecule has 2 heterocycles. The molecule has 0 fully saturated rings. The van der Waals surface area contributed by atoms with Gasteiger partial charge in [-0.3, -0.25) is 4.79 Å². The van der Waals surface area contributed by atoms with Crippen molar-refractivity contribution in [2.45, 2.75) is 18.9 Å². The summed E-state index contributed by atoms with van der Waals surface area (Å²) < 4.78 is 0. The first-order valence-corrected chi connectivity index (χ1v) is 9.02. The molecule has 2 aromatic heterocycles. The summed E-state index contributed by atoms with van der Waals surface area (Å²) in [5.74, 6) is 0.0156. The minimum absolute atomic E-state index is 0.163. The van der Waals surface area contributed by atoms with Gasteiger partial charge in [0.2, 0.25) is 5.91 Å². The predicted molar refractivity (Wildman–Crippen MR) is 97.4 cm³/mol.